The molecule has 0 aliphatic heterocycles. The summed E-state index contributed by atoms with van der Waals surface area (Å²) in [6, 6.07) is 72.6. The number of nitrogens with zero attached hydrogens (tertiary/aromatic N) is 3. The van der Waals surface area contributed by atoms with E-state index in [1.54, 1.807) is 0 Å². The molecule has 0 fully saturated rings. The normalized spacial score (nSPS) is 12.1. The molecule has 4 heterocycles. The minimum atomic E-state index is -2.83. The van der Waals surface area contributed by atoms with Gasteiger partial charge < -0.3 is 0 Å². The van der Waals surface area contributed by atoms with Crippen molar-refractivity contribution in [3.05, 3.63) is 200 Å². The van der Waals surface area contributed by atoms with E-state index in [-0.39, 0.29) is 14.5 Å². The fourth-order valence-corrected chi connectivity index (χ4v) is 16.7. The zero-order chi connectivity index (χ0) is 38.2. The van der Waals surface area contributed by atoms with E-state index in [1.807, 2.05) is 0 Å². The molecular weight excluding hydrogens is 790 g/mol. The summed E-state index contributed by atoms with van der Waals surface area (Å²) in [7, 11) is -2.83. The van der Waals surface area contributed by atoms with E-state index in [0.29, 0.717) is 11.5 Å². The van der Waals surface area contributed by atoms with Gasteiger partial charge in [0.1, 0.15) is 0 Å². The number of para-hydroxylation sites is 2. The molecule has 8 aromatic carbocycles. The summed E-state index contributed by atoms with van der Waals surface area (Å²) in [5, 5.41) is 11.3. The Kier molecular flexibility index (Phi) is 7.54. The summed E-state index contributed by atoms with van der Waals surface area (Å²) in [4.78, 5) is 11.1. The van der Waals surface area contributed by atoms with E-state index in [1.165, 1.54) is 50.8 Å². The maximum absolute atomic E-state index is 6.98. The van der Waals surface area contributed by atoms with Gasteiger partial charge in [0.15, 0.2) is 0 Å². The van der Waals surface area contributed by atoms with Crippen LogP contribution in [0.25, 0.3) is 80.4 Å². The molecule has 0 saturated heterocycles. The average molecular weight is 823 g/mol. The van der Waals surface area contributed by atoms with Crippen molar-refractivity contribution in [3.63, 3.8) is 0 Å². The Labute approximate surface area is 341 Å². The third-order valence-electron chi connectivity index (χ3n) is 11.8. The fraction of sp³-hybridized carbons (Fsp3) is 0. The molecule has 0 radical (unpaired) electrons. The van der Waals surface area contributed by atoms with Crippen LogP contribution < -0.4 is 20.7 Å². The topological polar surface area (TPSA) is 43.9 Å². The summed E-state index contributed by atoms with van der Waals surface area (Å²) in [5.41, 5.74) is 6.33. The van der Waals surface area contributed by atoms with Gasteiger partial charge in [0.2, 0.25) is 0 Å². The van der Waals surface area contributed by atoms with Crippen molar-refractivity contribution in [2.75, 3.05) is 0 Å². The van der Waals surface area contributed by atoms with E-state index in [4.69, 9.17) is 14.4 Å². The van der Waals surface area contributed by atoms with Crippen LogP contribution in [0.4, 0.5) is 0 Å². The predicted octanol–water partition coefficient (Wildman–Crippen LogP) is 9.88. The summed E-state index contributed by atoms with van der Waals surface area (Å²) >= 11 is 0.104. The summed E-state index contributed by atoms with van der Waals surface area (Å²) in [6.07, 6.45) is 0. The molecule has 0 aliphatic carbocycles. The van der Waals surface area contributed by atoms with Crippen molar-refractivity contribution < 1.29 is 4.42 Å². The van der Waals surface area contributed by atoms with Gasteiger partial charge in [0, 0.05) is 0 Å². The first-order valence-electron chi connectivity index (χ1n) is 19.6. The van der Waals surface area contributed by atoms with E-state index >= 15 is 0 Å². The first-order chi connectivity index (χ1) is 28.8. The number of furan rings is 1. The Balaban J connectivity index is 1.20. The molecule has 0 unspecified atom stereocenters. The number of aromatic nitrogens is 3. The monoisotopic (exact) mass is 823 g/mol. The Hall–Kier alpha value is -6.82. The van der Waals surface area contributed by atoms with Gasteiger partial charge in [-0.2, -0.15) is 0 Å². The molecule has 0 amide bonds. The van der Waals surface area contributed by atoms with Gasteiger partial charge in [-0.15, -0.1) is 0 Å². The molecule has 4 nitrogen and oxygen atoms in total. The van der Waals surface area contributed by atoms with Crippen LogP contribution in [0, 0.1) is 0 Å². The molecule has 4 aromatic heterocycles. The number of rotatable bonds is 6. The van der Waals surface area contributed by atoms with Gasteiger partial charge in [-0.3, -0.25) is 0 Å². The molecule has 272 valence electrons. The van der Waals surface area contributed by atoms with Gasteiger partial charge in [-0.25, -0.2) is 0 Å². The minimum absolute atomic E-state index is 0.104. The maximum atomic E-state index is 6.98. The SMILES string of the molecule is c1ccc([Si](c2ccccc2)(c2ccccc2)c2cccc(-c3nc(-n4c5ccccc5c5ccccc54)nc4c3oc3ccc5c6ccccc6[se]c5c34)c2)cc1. The number of fused-ring (bicyclic) bond motifs is 10. The molecule has 0 saturated carbocycles. The van der Waals surface area contributed by atoms with Crippen molar-refractivity contribution in [2.24, 2.45) is 0 Å². The second-order valence-electron chi connectivity index (χ2n) is 14.9. The first-order valence-corrected chi connectivity index (χ1v) is 23.3. The van der Waals surface area contributed by atoms with Crippen LogP contribution in [0.15, 0.2) is 205 Å². The Morgan fingerprint density at radius 1 is 0.466 bits per heavy atom. The van der Waals surface area contributed by atoms with Gasteiger partial charge in [0.05, 0.1) is 0 Å². The van der Waals surface area contributed by atoms with Crippen LogP contribution in [-0.2, 0) is 0 Å². The third kappa shape index (κ3) is 4.86. The van der Waals surface area contributed by atoms with E-state index < -0.39 is 8.07 Å². The van der Waals surface area contributed by atoms with Crippen LogP contribution in [0.2, 0.25) is 0 Å². The van der Waals surface area contributed by atoms with Crippen molar-refractivity contribution in [1.82, 2.24) is 14.5 Å². The average Bonchev–Trinajstić information content (AvgIpc) is 3.97. The second-order valence-corrected chi connectivity index (χ2v) is 20.9. The molecule has 0 aliphatic rings. The first kappa shape index (κ1) is 33.3. The van der Waals surface area contributed by atoms with Crippen LogP contribution in [0.1, 0.15) is 0 Å². The number of hydrogen-bond donors (Lipinski definition) is 0. The Bertz CT molecular complexity index is 3370. The zero-order valence-corrected chi connectivity index (χ0v) is 33.9. The third-order valence-corrected chi connectivity index (χ3v) is 19.1. The van der Waals surface area contributed by atoms with Crippen LogP contribution in [0.5, 0.6) is 0 Å². The van der Waals surface area contributed by atoms with Crippen LogP contribution in [-0.4, -0.2) is 37.1 Å². The molecule has 12 rings (SSSR count). The molecule has 12 aromatic rings. The summed E-state index contributed by atoms with van der Waals surface area (Å²) in [6.45, 7) is 0. The van der Waals surface area contributed by atoms with Crippen molar-refractivity contribution in [1.29, 1.82) is 0 Å². The van der Waals surface area contributed by atoms with Crippen molar-refractivity contribution in [3.8, 4) is 17.2 Å². The van der Waals surface area contributed by atoms with Gasteiger partial charge in [-0.1, -0.05) is 18.2 Å². The molecule has 0 atom stereocenters. The van der Waals surface area contributed by atoms with Gasteiger partial charge in [-0.05, 0) is 0 Å². The predicted molar refractivity (Wildman–Crippen MR) is 245 cm³/mol. The summed E-state index contributed by atoms with van der Waals surface area (Å²) in [5.74, 6) is 0.631. The molecule has 58 heavy (non-hydrogen) atoms. The second kappa shape index (κ2) is 13.1. The Morgan fingerprint density at radius 3 is 1.66 bits per heavy atom. The molecule has 6 heteroatoms. The molecule has 0 spiro atoms. The quantitative estimate of drug-likeness (QED) is 0.124. The molecule has 0 N–H and O–H groups in total. The van der Waals surface area contributed by atoms with Gasteiger partial charge >= 0.3 is 325 Å². The standard InChI is InChI=1S/C52H33N3OSeSi/c1-4-18-35(19-5-1)58(36-20-6-2-7-21-36,37-22-8-3-9-23-37)38-24-16-17-34(33-38)48-50-49(47-45(56-50)32-31-42-41-27-12-15-30-46(41)57-51(42)47)54-52(53-48)55-43-28-13-10-25-39(43)40-26-11-14-29-44(40)55/h1-33H. The van der Waals surface area contributed by atoms with Crippen LogP contribution in [0.3, 0.4) is 0 Å². The van der Waals surface area contributed by atoms with E-state index in [0.717, 1.165) is 38.8 Å². The molecular formula is C52H33N3OSeSi. The summed E-state index contributed by atoms with van der Waals surface area (Å²) < 4.78 is 11.9. The van der Waals surface area contributed by atoms with Gasteiger partial charge in [0.25, 0.3) is 0 Å². The fourth-order valence-electron chi connectivity index (χ4n) is 9.29. The Morgan fingerprint density at radius 2 is 1.02 bits per heavy atom. The van der Waals surface area contributed by atoms with Crippen molar-refractivity contribution >= 4 is 106 Å². The number of hydrogen-bond acceptors (Lipinski definition) is 3. The van der Waals surface area contributed by atoms with E-state index in [9.17, 15) is 0 Å². The molecule has 0 bridgehead atoms. The van der Waals surface area contributed by atoms with Crippen molar-refractivity contribution in [2.45, 2.75) is 0 Å². The number of benzene rings is 8. The van der Waals surface area contributed by atoms with E-state index in [2.05, 4.69) is 205 Å². The zero-order valence-electron chi connectivity index (χ0n) is 31.2. The van der Waals surface area contributed by atoms with Crippen LogP contribution >= 0.6 is 0 Å².